The molecule has 2 saturated carbocycles. The number of nitrogens with zero attached hydrogens (tertiary/aromatic N) is 1. The van der Waals surface area contributed by atoms with E-state index in [4.69, 9.17) is 4.74 Å². The average molecular weight is 477 g/mol. The fourth-order valence-corrected chi connectivity index (χ4v) is 5.75. The van der Waals surface area contributed by atoms with E-state index in [0.717, 1.165) is 40.6 Å². The number of hydrogen-bond acceptors (Lipinski definition) is 5. The molecular weight excluding hydrogens is 452 g/mol. The number of fused-ring (bicyclic) bond motifs is 5. The third kappa shape index (κ3) is 3.55. The Balaban J connectivity index is 1.35. The number of ether oxygens (including phenoxy) is 1. The summed E-state index contributed by atoms with van der Waals surface area (Å²) < 4.78 is 6.04. The van der Waals surface area contributed by atoms with Gasteiger partial charge in [-0.1, -0.05) is 22.9 Å². The number of amides is 3. The fourth-order valence-electron chi connectivity index (χ4n) is 5.34. The highest BCUT2D eigenvalue weighted by Gasteiger charge is 2.62. The number of benzene rings is 1. The highest BCUT2D eigenvalue weighted by Crippen LogP contribution is 2.56. The van der Waals surface area contributed by atoms with Crippen LogP contribution in [0.5, 0.6) is 0 Å². The van der Waals surface area contributed by atoms with Crippen LogP contribution in [-0.2, 0) is 30.3 Å². The van der Waals surface area contributed by atoms with E-state index in [9.17, 15) is 19.2 Å². The molecule has 8 heteroatoms. The topological polar surface area (TPSA) is 92.8 Å². The summed E-state index contributed by atoms with van der Waals surface area (Å²) in [5, 5.41) is 2.74. The number of carbonyl (C=O) groups excluding carboxylic acids is 4. The number of carbonyl (C=O) groups is 4. The monoisotopic (exact) mass is 476 g/mol. The van der Waals surface area contributed by atoms with Crippen molar-refractivity contribution in [1.82, 2.24) is 4.90 Å². The van der Waals surface area contributed by atoms with Gasteiger partial charge in [-0.05, 0) is 68.2 Å². The maximum absolute atomic E-state index is 12.8. The number of halogens is 1. The van der Waals surface area contributed by atoms with Crippen LogP contribution in [0.3, 0.4) is 0 Å². The fraction of sp³-hybridized carbons (Fsp3) is 0.545. The Morgan fingerprint density at radius 1 is 1.20 bits per heavy atom. The van der Waals surface area contributed by atoms with E-state index in [-0.39, 0.29) is 35.5 Å². The smallest absolute Gasteiger partial charge is 0.329 e. The van der Waals surface area contributed by atoms with Crippen molar-refractivity contribution in [3.63, 3.8) is 0 Å². The van der Waals surface area contributed by atoms with Crippen molar-refractivity contribution >= 4 is 45.3 Å². The van der Waals surface area contributed by atoms with Gasteiger partial charge in [0, 0.05) is 10.2 Å². The lowest BCUT2D eigenvalue weighted by Crippen LogP contribution is -2.45. The van der Waals surface area contributed by atoms with Crippen molar-refractivity contribution in [1.29, 1.82) is 0 Å². The lowest BCUT2D eigenvalue weighted by Gasteiger charge is -2.23. The minimum atomic E-state index is -1.03. The average Bonchev–Trinajstić information content (AvgIpc) is 3.40. The Hall–Kier alpha value is -2.22. The molecule has 1 aliphatic heterocycles. The van der Waals surface area contributed by atoms with Crippen molar-refractivity contribution in [3.05, 3.63) is 28.2 Å². The van der Waals surface area contributed by atoms with Crippen LogP contribution in [0, 0.1) is 23.7 Å². The summed E-state index contributed by atoms with van der Waals surface area (Å²) in [6.45, 7) is 2.99. The minimum absolute atomic E-state index is 0.256. The van der Waals surface area contributed by atoms with Crippen LogP contribution in [0.25, 0.3) is 0 Å². The van der Waals surface area contributed by atoms with Crippen molar-refractivity contribution in [3.8, 4) is 0 Å². The molecule has 1 aromatic carbocycles. The van der Waals surface area contributed by atoms with Crippen LogP contribution in [0.15, 0.2) is 22.7 Å². The van der Waals surface area contributed by atoms with E-state index in [2.05, 4.69) is 21.2 Å². The molecule has 3 fully saturated rings. The summed E-state index contributed by atoms with van der Waals surface area (Å²) in [6.07, 6.45) is 3.63. The Bertz CT molecular complexity index is 889. The first-order valence-electron chi connectivity index (χ1n) is 10.4. The summed E-state index contributed by atoms with van der Waals surface area (Å²) in [5.74, 6) is -1.77. The van der Waals surface area contributed by atoms with E-state index in [1.807, 2.05) is 19.1 Å². The number of esters is 1. The molecule has 1 saturated heterocycles. The second-order valence-corrected chi connectivity index (χ2v) is 9.33. The summed E-state index contributed by atoms with van der Waals surface area (Å²) in [6, 6.07) is 4.48. The lowest BCUT2D eigenvalue weighted by atomic mass is 9.81. The van der Waals surface area contributed by atoms with Gasteiger partial charge in [-0.3, -0.25) is 19.3 Å². The van der Waals surface area contributed by atoms with Gasteiger partial charge in [0.2, 0.25) is 11.8 Å². The van der Waals surface area contributed by atoms with Crippen LogP contribution in [0.4, 0.5) is 5.69 Å². The van der Waals surface area contributed by atoms with Crippen LogP contribution >= 0.6 is 15.9 Å². The normalized spacial score (nSPS) is 27.9. The summed E-state index contributed by atoms with van der Waals surface area (Å²) in [4.78, 5) is 51.5. The number of likely N-dealkylation sites (tertiary alicyclic amines) is 1. The second-order valence-electron chi connectivity index (χ2n) is 8.42. The molecule has 0 radical (unpaired) electrons. The minimum Gasteiger partial charge on any atom is -0.454 e. The van der Waals surface area contributed by atoms with Gasteiger partial charge in [0.05, 0.1) is 11.8 Å². The third-order valence-electron chi connectivity index (χ3n) is 6.76. The van der Waals surface area contributed by atoms with E-state index in [0.29, 0.717) is 5.69 Å². The molecule has 4 rings (SSSR count). The highest BCUT2D eigenvalue weighted by molar-refractivity contribution is 9.10. The molecule has 0 aromatic heterocycles. The maximum atomic E-state index is 12.8. The standard InChI is InChI=1S/C22H25BrN2O5/c1-3-12-9-15(23)6-7-16(12)24-17(26)10-30-22(29)11(2)25-20(27)18-13-4-5-14(8-13)19(18)21(25)28/h6-7,9,11,13-14,18-19H,3-5,8,10H2,1-2H3,(H,24,26)/t11-,13-,14-,18-,19+/m0/s1. The van der Waals surface area contributed by atoms with Crippen LogP contribution < -0.4 is 5.32 Å². The predicted octanol–water partition coefficient (Wildman–Crippen LogP) is 2.91. The maximum Gasteiger partial charge on any atom is 0.329 e. The van der Waals surface area contributed by atoms with Gasteiger partial charge in [-0.25, -0.2) is 4.79 Å². The summed E-state index contributed by atoms with van der Waals surface area (Å²) in [7, 11) is 0. The zero-order valence-electron chi connectivity index (χ0n) is 17.0. The quantitative estimate of drug-likeness (QED) is 0.503. The second kappa shape index (κ2) is 8.13. The summed E-state index contributed by atoms with van der Waals surface area (Å²) in [5.41, 5.74) is 1.61. The molecule has 2 aliphatic carbocycles. The number of nitrogens with one attached hydrogen (secondary N) is 1. The molecule has 160 valence electrons. The van der Waals surface area contributed by atoms with Gasteiger partial charge in [0.1, 0.15) is 6.04 Å². The van der Waals surface area contributed by atoms with Crippen molar-refractivity contribution in [2.24, 2.45) is 23.7 Å². The Labute approximate surface area is 183 Å². The highest BCUT2D eigenvalue weighted by atomic mass is 79.9. The van der Waals surface area contributed by atoms with Crippen molar-refractivity contribution in [2.45, 2.75) is 45.6 Å². The van der Waals surface area contributed by atoms with Gasteiger partial charge in [0.25, 0.3) is 5.91 Å². The van der Waals surface area contributed by atoms with Gasteiger partial charge >= 0.3 is 5.97 Å². The lowest BCUT2D eigenvalue weighted by molar-refractivity contribution is -0.159. The molecular formula is C22H25BrN2O5. The molecule has 3 amide bonds. The van der Waals surface area contributed by atoms with Crippen molar-refractivity contribution in [2.75, 3.05) is 11.9 Å². The number of aryl methyl sites for hydroxylation is 1. The van der Waals surface area contributed by atoms with Gasteiger partial charge in [-0.2, -0.15) is 0 Å². The van der Waals surface area contributed by atoms with Gasteiger partial charge in [0.15, 0.2) is 6.61 Å². The molecule has 1 aromatic rings. The van der Waals surface area contributed by atoms with E-state index in [1.54, 1.807) is 6.07 Å². The van der Waals surface area contributed by atoms with E-state index < -0.39 is 24.5 Å². The van der Waals surface area contributed by atoms with Gasteiger partial charge in [-0.15, -0.1) is 0 Å². The molecule has 5 atom stereocenters. The van der Waals surface area contributed by atoms with E-state index in [1.165, 1.54) is 6.92 Å². The van der Waals surface area contributed by atoms with Gasteiger partial charge < -0.3 is 10.1 Å². The van der Waals surface area contributed by atoms with E-state index >= 15 is 0 Å². The molecule has 3 aliphatic rings. The zero-order valence-corrected chi connectivity index (χ0v) is 18.6. The first-order chi connectivity index (χ1) is 14.3. The van der Waals surface area contributed by atoms with Crippen LogP contribution in [0.2, 0.25) is 0 Å². The molecule has 1 heterocycles. The number of imide groups is 1. The summed E-state index contributed by atoms with van der Waals surface area (Å²) >= 11 is 3.40. The Morgan fingerprint density at radius 2 is 1.83 bits per heavy atom. The molecule has 30 heavy (non-hydrogen) atoms. The largest absolute Gasteiger partial charge is 0.454 e. The molecule has 0 unspecified atom stereocenters. The first kappa shape index (κ1) is 21.0. The Morgan fingerprint density at radius 3 is 2.43 bits per heavy atom. The zero-order chi connectivity index (χ0) is 21.6. The van der Waals surface area contributed by atoms with Crippen LogP contribution in [0.1, 0.15) is 38.7 Å². The van der Waals surface area contributed by atoms with Crippen LogP contribution in [-0.4, -0.2) is 41.2 Å². The molecule has 1 N–H and O–H groups in total. The number of anilines is 1. The molecule has 2 bridgehead atoms. The predicted molar refractivity (Wildman–Crippen MR) is 112 cm³/mol. The number of rotatable bonds is 6. The molecule has 0 spiro atoms. The SMILES string of the molecule is CCc1cc(Br)ccc1NC(=O)COC(=O)[C@H](C)N1C(=O)[C@@H]2[C@H]3CC[C@@H](C3)[C@@H]2C1=O. The number of hydrogen-bond donors (Lipinski definition) is 1. The third-order valence-corrected chi connectivity index (χ3v) is 7.25. The molecule has 7 nitrogen and oxygen atoms in total. The Kier molecular flexibility index (Phi) is 5.70. The first-order valence-corrected chi connectivity index (χ1v) is 11.2. The van der Waals surface area contributed by atoms with Crippen molar-refractivity contribution < 1.29 is 23.9 Å².